The third-order valence-electron chi connectivity index (χ3n) is 6.18. The lowest BCUT2D eigenvalue weighted by Crippen LogP contribution is -2.42. The van der Waals surface area contributed by atoms with Gasteiger partial charge in [0.25, 0.3) is 0 Å². The quantitative estimate of drug-likeness (QED) is 0.656. The number of hydrogen-bond donors (Lipinski definition) is 2. The number of piperazine rings is 1. The molecule has 2 N–H and O–H groups in total. The minimum absolute atomic E-state index is 0.322. The summed E-state index contributed by atoms with van der Waals surface area (Å²) in [5, 5.41) is 6.91. The monoisotopic (exact) mass is 403 g/mol. The van der Waals surface area contributed by atoms with Crippen molar-refractivity contribution in [1.29, 1.82) is 0 Å². The fourth-order valence-electron chi connectivity index (χ4n) is 4.75. The Morgan fingerprint density at radius 3 is 2.70 bits per heavy atom. The predicted molar refractivity (Wildman–Crippen MR) is 119 cm³/mol. The molecule has 0 unspecified atom stereocenters. The Morgan fingerprint density at radius 2 is 2.00 bits per heavy atom. The fraction of sp³-hybridized carbons (Fsp3) is 0.435. The van der Waals surface area contributed by atoms with Crippen LogP contribution in [0.3, 0.4) is 0 Å². The first-order valence-corrected chi connectivity index (χ1v) is 10.8. The highest BCUT2D eigenvalue weighted by atomic mass is 15.3. The molecule has 2 fully saturated rings. The first-order chi connectivity index (χ1) is 14.6. The average molecular weight is 404 g/mol. The lowest BCUT2D eigenvalue weighted by Gasteiger charge is -2.27. The highest BCUT2D eigenvalue weighted by molar-refractivity contribution is 5.59. The van der Waals surface area contributed by atoms with E-state index in [1.165, 1.54) is 12.0 Å². The SMILES string of the molecule is Cc1ncc(-c2ccnc(Nc3ccc(CN4C[C@@H]5C[C@H]4CN5)cc3)n2)n1C(C)C. The smallest absolute Gasteiger partial charge is 0.227 e. The first-order valence-electron chi connectivity index (χ1n) is 10.8. The number of rotatable bonds is 6. The van der Waals surface area contributed by atoms with Gasteiger partial charge in [-0.05, 0) is 51.0 Å². The van der Waals surface area contributed by atoms with Crippen LogP contribution in [0.25, 0.3) is 11.4 Å². The van der Waals surface area contributed by atoms with Crippen molar-refractivity contribution in [3.05, 3.63) is 54.1 Å². The molecule has 2 aliphatic heterocycles. The van der Waals surface area contributed by atoms with Crippen LogP contribution >= 0.6 is 0 Å². The molecule has 2 aliphatic rings. The molecule has 3 aromatic rings. The van der Waals surface area contributed by atoms with Crippen LogP contribution in [0, 0.1) is 6.92 Å². The minimum Gasteiger partial charge on any atom is -0.324 e. The number of likely N-dealkylation sites (tertiary alicyclic amines) is 1. The van der Waals surface area contributed by atoms with E-state index < -0.39 is 0 Å². The molecule has 4 heterocycles. The van der Waals surface area contributed by atoms with Gasteiger partial charge >= 0.3 is 0 Å². The highest BCUT2D eigenvalue weighted by Crippen LogP contribution is 2.26. The molecule has 2 aromatic heterocycles. The zero-order valence-electron chi connectivity index (χ0n) is 17.8. The molecule has 0 aliphatic carbocycles. The van der Waals surface area contributed by atoms with Crippen molar-refractivity contribution in [1.82, 2.24) is 29.7 Å². The van der Waals surface area contributed by atoms with Crippen LogP contribution in [0.4, 0.5) is 11.6 Å². The maximum atomic E-state index is 4.73. The van der Waals surface area contributed by atoms with Gasteiger partial charge < -0.3 is 15.2 Å². The number of fused-ring (bicyclic) bond motifs is 2. The molecule has 2 atom stereocenters. The largest absolute Gasteiger partial charge is 0.324 e. The zero-order chi connectivity index (χ0) is 20.7. The molecule has 0 amide bonds. The molecular weight excluding hydrogens is 374 g/mol. The molecular formula is C23H29N7. The fourth-order valence-corrected chi connectivity index (χ4v) is 4.75. The topological polar surface area (TPSA) is 70.9 Å². The van der Waals surface area contributed by atoms with Crippen LogP contribution in [0.1, 0.15) is 37.7 Å². The Morgan fingerprint density at radius 1 is 1.17 bits per heavy atom. The number of aryl methyl sites for hydroxylation is 1. The molecule has 0 saturated carbocycles. The van der Waals surface area contributed by atoms with Crippen LogP contribution in [0.15, 0.2) is 42.7 Å². The summed E-state index contributed by atoms with van der Waals surface area (Å²) in [5.41, 5.74) is 4.22. The van der Waals surface area contributed by atoms with Crippen LogP contribution in [-0.4, -0.2) is 49.6 Å². The van der Waals surface area contributed by atoms with Crippen LogP contribution in [-0.2, 0) is 6.54 Å². The van der Waals surface area contributed by atoms with E-state index in [9.17, 15) is 0 Å². The van der Waals surface area contributed by atoms with Crippen molar-refractivity contribution in [3.8, 4) is 11.4 Å². The summed E-state index contributed by atoms with van der Waals surface area (Å²) < 4.78 is 2.20. The second kappa shape index (κ2) is 7.81. The van der Waals surface area contributed by atoms with Crippen LogP contribution in [0.5, 0.6) is 0 Å². The van der Waals surface area contributed by atoms with E-state index in [0.29, 0.717) is 24.1 Å². The Bertz CT molecular complexity index is 1020. The average Bonchev–Trinajstić information content (AvgIpc) is 3.45. The van der Waals surface area contributed by atoms with E-state index in [-0.39, 0.29) is 0 Å². The maximum Gasteiger partial charge on any atom is 0.227 e. The first kappa shape index (κ1) is 19.2. The summed E-state index contributed by atoms with van der Waals surface area (Å²) in [6.07, 6.45) is 4.97. The second-order valence-corrected chi connectivity index (χ2v) is 8.67. The Kier molecular flexibility index (Phi) is 5.00. The van der Waals surface area contributed by atoms with E-state index in [0.717, 1.165) is 42.5 Å². The second-order valence-electron chi connectivity index (χ2n) is 8.67. The molecule has 2 bridgehead atoms. The normalized spacial score (nSPS) is 20.9. The number of benzene rings is 1. The van der Waals surface area contributed by atoms with Gasteiger partial charge in [0.05, 0.1) is 17.6 Å². The summed E-state index contributed by atoms with van der Waals surface area (Å²) in [5.74, 6) is 1.59. The Labute approximate surface area is 177 Å². The highest BCUT2D eigenvalue weighted by Gasteiger charge is 2.37. The van der Waals surface area contributed by atoms with Gasteiger partial charge in [0.15, 0.2) is 0 Å². The third-order valence-corrected chi connectivity index (χ3v) is 6.18. The van der Waals surface area contributed by atoms with Crippen molar-refractivity contribution >= 4 is 11.6 Å². The van der Waals surface area contributed by atoms with Crippen molar-refractivity contribution in [2.45, 2.75) is 51.9 Å². The molecule has 1 aromatic carbocycles. The number of aromatic nitrogens is 4. The van der Waals surface area contributed by atoms with Gasteiger partial charge in [-0.1, -0.05) is 12.1 Å². The van der Waals surface area contributed by atoms with E-state index in [1.807, 2.05) is 19.2 Å². The third kappa shape index (κ3) is 3.70. The lowest BCUT2D eigenvalue weighted by molar-refractivity contribution is 0.218. The van der Waals surface area contributed by atoms with Crippen LogP contribution < -0.4 is 10.6 Å². The van der Waals surface area contributed by atoms with Gasteiger partial charge in [-0.25, -0.2) is 15.0 Å². The maximum absolute atomic E-state index is 4.73. The standard InChI is InChI=1S/C23H29N7/c1-15(2)30-16(3)25-12-22(30)21-8-9-24-23(28-21)27-18-6-4-17(5-7-18)13-29-14-19-10-20(29)11-26-19/h4-9,12,15,19-20,26H,10-11,13-14H2,1-3H3,(H,24,27,28)/t19-,20-/m0/s1. The molecule has 2 saturated heterocycles. The number of anilines is 2. The molecule has 156 valence electrons. The Balaban J connectivity index is 1.29. The summed E-state index contributed by atoms with van der Waals surface area (Å²) in [4.78, 5) is 16.2. The molecule has 30 heavy (non-hydrogen) atoms. The van der Waals surface area contributed by atoms with Gasteiger partial charge in [-0.3, -0.25) is 4.90 Å². The number of nitrogens with one attached hydrogen (secondary N) is 2. The van der Waals surface area contributed by atoms with Gasteiger partial charge in [0.1, 0.15) is 5.82 Å². The molecule has 7 heteroatoms. The molecule has 0 spiro atoms. The summed E-state index contributed by atoms with van der Waals surface area (Å²) in [6, 6.07) is 12.3. The molecule has 5 rings (SSSR count). The Hall–Kier alpha value is -2.77. The zero-order valence-corrected chi connectivity index (χ0v) is 17.8. The van der Waals surface area contributed by atoms with E-state index in [1.54, 1.807) is 6.20 Å². The van der Waals surface area contributed by atoms with Crippen molar-refractivity contribution in [2.75, 3.05) is 18.4 Å². The lowest BCUT2D eigenvalue weighted by atomic mass is 10.1. The summed E-state index contributed by atoms with van der Waals surface area (Å²) in [7, 11) is 0. The van der Waals surface area contributed by atoms with Gasteiger partial charge in [-0.2, -0.15) is 0 Å². The number of hydrogen-bond acceptors (Lipinski definition) is 6. The minimum atomic E-state index is 0.322. The summed E-state index contributed by atoms with van der Waals surface area (Å²) in [6.45, 7) is 9.65. The van der Waals surface area contributed by atoms with Gasteiger partial charge in [0, 0.05) is 49.6 Å². The van der Waals surface area contributed by atoms with Gasteiger partial charge in [0.2, 0.25) is 5.95 Å². The van der Waals surface area contributed by atoms with E-state index >= 15 is 0 Å². The van der Waals surface area contributed by atoms with Crippen molar-refractivity contribution < 1.29 is 0 Å². The van der Waals surface area contributed by atoms with Crippen molar-refractivity contribution in [3.63, 3.8) is 0 Å². The van der Waals surface area contributed by atoms with Crippen LogP contribution in [0.2, 0.25) is 0 Å². The number of nitrogens with zero attached hydrogens (tertiary/aromatic N) is 5. The van der Waals surface area contributed by atoms with E-state index in [4.69, 9.17) is 4.98 Å². The van der Waals surface area contributed by atoms with E-state index in [2.05, 4.69) is 68.2 Å². The van der Waals surface area contributed by atoms with Gasteiger partial charge in [-0.15, -0.1) is 0 Å². The number of imidazole rings is 1. The molecule has 0 radical (unpaired) electrons. The predicted octanol–water partition coefficient (Wildman–Crippen LogP) is 3.52. The van der Waals surface area contributed by atoms with Crippen molar-refractivity contribution in [2.24, 2.45) is 0 Å². The summed E-state index contributed by atoms with van der Waals surface area (Å²) >= 11 is 0. The molecule has 7 nitrogen and oxygen atoms in total.